The minimum atomic E-state index is -0.630. The van der Waals surface area contributed by atoms with Crippen LogP contribution in [0.25, 0.3) is 17.2 Å². The zero-order valence-electron chi connectivity index (χ0n) is 22.2. The molecule has 1 saturated heterocycles. The predicted molar refractivity (Wildman–Crippen MR) is 146 cm³/mol. The van der Waals surface area contributed by atoms with Crippen molar-refractivity contribution in [2.45, 2.75) is 32.9 Å². The smallest absolute Gasteiger partial charge is 0.413 e. The Bertz CT molecular complexity index is 1290. The first-order valence-corrected chi connectivity index (χ1v) is 12.5. The second-order valence-electron chi connectivity index (χ2n) is 10.1. The van der Waals surface area contributed by atoms with Crippen molar-refractivity contribution in [1.29, 1.82) is 0 Å². The van der Waals surface area contributed by atoms with Gasteiger partial charge in [-0.1, -0.05) is 12.1 Å². The number of carbonyl (C=O) groups is 2. The fraction of sp³-hybridized carbons (Fsp3) is 0.357. The average molecular weight is 519 g/mol. The molecule has 0 unspecified atom stereocenters. The van der Waals surface area contributed by atoms with E-state index in [1.165, 1.54) is 11.6 Å². The van der Waals surface area contributed by atoms with Crippen LogP contribution in [-0.2, 0) is 27.9 Å². The molecule has 200 valence electrons. The fourth-order valence-electron chi connectivity index (χ4n) is 3.95. The number of carbonyl (C=O) groups excluding carboxylic acids is 2. The number of anilines is 2. The topological polar surface area (TPSA) is 111 Å². The van der Waals surface area contributed by atoms with Crippen molar-refractivity contribution < 1.29 is 19.1 Å². The van der Waals surface area contributed by atoms with Crippen LogP contribution in [0, 0.1) is 0 Å². The second kappa shape index (κ2) is 12.0. The summed E-state index contributed by atoms with van der Waals surface area (Å²) in [6.07, 6.45) is 7.71. The van der Waals surface area contributed by atoms with Crippen molar-refractivity contribution >= 4 is 29.6 Å². The molecule has 1 aliphatic heterocycles. The van der Waals surface area contributed by atoms with Crippen molar-refractivity contribution in [3.63, 3.8) is 0 Å². The van der Waals surface area contributed by atoms with Gasteiger partial charge in [-0.3, -0.25) is 19.7 Å². The lowest BCUT2D eigenvalue weighted by Crippen LogP contribution is -2.35. The first kappa shape index (κ1) is 27.0. The Labute approximate surface area is 222 Å². The number of aryl methyl sites for hydroxylation is 1. The molecule has 0 bridgehead atoms. The number of rotatable bonds is 7. The van der Waals surface area contributed by atoms with Gasteiger partial charge >= 0.3 is 6.09 Å². The quantitative estimate of drug-likeness (QED) is 0.448. The van der Waals surface area contributed by atoms with Gasteiger partial charge in [0.15, 0.2) is 0 Å². The maximum absolute atomic E-state index is 12.7. The summed E-state index contributed by atoms with van der Waals surface area (Å²) in [7, 11) is 1.82. The molecule has 2 N–H and O–H groups in total. The highest BCUT2D eigenvalue weighted by atomic mass is 16.6. The molecule has 10 nitrogen and oxygen atoms in total. The molecule has 0 spiro atoms. The Morgan fingerprint density at radius 1 is 1.11 bits per heavy atom. The van der Waals surface area contributed by atoms with Crippen molar-refractivity contribution in [3.8, 4) is 11.1 Å². The van der Waals surface area contributed by atoms with E-state index in [0.717, 1.165) is 44.0 Å². The minimum Gasteiger partial charge on any atom is -0.444 e. The maximum Gasteiger partial charge on any atom is 0.413 e. The van der Waals surface area contributed by atoms with Gasteiger partial charge in [0.05, 0.1) is 19.4 Å². The molecule has 2 aromatic heterocycles. The lowest BCUT2D eigenvalue weighted by Gasteiger charge is -2.26. The molecule has 1 aromatic carbocycles. The van der Waals surface area contributed by atoms with Crippen LogP contribution in [-0.4, -0.2) is 63.6 Å². The van der Waals surface area contributed by atoms with Gasteiger partial charge in [-0.2, -0.15) is 5.10 Å². The van der Waals surface area contributed by atoms with Crippen LogP contribution in [0.4, 0.5) is 16.3 Å². The summed E-state index contributed by atoms with van der Waals surface area (Å²) in [5.74, 6) is 0.0656. The molecule has 0 atom stereocenters. The summed E-state index contributed by atoms with van der Waals surface area (Å²) < 4.78 is 12.4. The van der Waals surface area contributed by atoms with Crippen LogP contribution in [0.3, 0.4) is 0 Å². The first-order valence-electron chi connectivity index (χ1n) is 12.5. The number of hydrogen-bond donors (Lipinski definition) is 2. The van der Waals surface area contributed by atoms with Gasteiger partial charge in [0.1, 0.15) is 11.4 Å². The van der Waals surface area contributed by atoms with E-state index < -0.39 is 11.7 Å². The molecule has 4 rings (SSSR count). The first-order chi connectivity index (χ1) is 18.1. The largest absolute Gasteiger partial charge is 0.444 e. The highest BCUT2D eigenvalue weighted by molar-refractivity contribution is 6.02. The zero-order chi connectivity index (χ0) is 27.1. The Morgan fingerprint density at radius 2 is 1.84 bits per heavy atom. The van der Waals surface area contributed by atoms with Gasteiger partial charge in [0.2, 0.25) is 5.91 Å². The summed E-state index contributed by atoms with van der Waals surface area (Å²) in [6, 6.07) is 9.58. The Morgan fingerprint density at radius 3 is 2.50 bits per heavy atom. The molecule has 3 aromatic rings. The van der Waals surface area contributed by atoms with E-state index in [1.807, 2.05) is 37.5 Å². The number of nitrogens with zero attached hydrogens (tertiary/aromatic N) is 4. The predicted octanol–water partition coefficient (Wildman–Crippen LogP) is 4.31. The van der Waals surface area contributed by atoms with E-state index in [1.54, 1.807) is 50.0 Å². The molecular formula is C28H34N6O4. The van der Waals surface area contributed by atoms with Crippen LogP contribution in [0.15, 0.2) is 55.0 Å². The lowest BCUT2D eigenvalue weighted by molar-refractivity contribution is -0.111. The summed E-state index contributed by atoms with van der Waals surface area (Å²) in [4.78, 5) is 31.5. The molecule has 1 fully saturated rings. The molecule has 38 heavy (non-hydrogen) atoms. The molecule has 10 heteroatoms. The van der Waals surface area contributed by atoms with Gasteiger partial charge < -0.3 is 14.8 Å². The summed E-state index contributed by atoms with van der Waals surface area (Å²) in [5, 5.41) is 9.79. The number of morpholine rings is 1. The van der Waals surface area contributed by atoms with Gasteiger partial charge in [0.25, 0.3) is 0 Å². The fourth-order valence-corrected chi connectivity index (χ4v) is 3.95. The van der Waals surface area contributed by atoms with Crippen LogP contribution in [0.5, 0.6) is 0 Å². The summed E-state index contributed by atoms with van der Waals surface area (Å²) >= 11 is 0. The molecule has 0 radical (unpaired) electrons. The Kier molecular flexibility index (Phi) is 8.55. The van der Waals surface area contributed by atoms with Crippen molar-refractivity contribution in [1.82, 2.24) is 19.7 Å². The van der Waals surface area contributed by atoms with Gasteiger partial charge in [-0.05, 0) is 56.2 Å². The Hall–Kier alpha value is -4.02. The lowest BCUT2D eigenvalue weighted by atomic mass is 10.0. The van der Waals surface area contributed by atoms with Crippen LogP contribution < -0.4 is 10.6 Å². The van der Waals surface area contributed by atoms with Gasteiger partial charge in [-0.15, -0.1) is 0 Å². The second-order valence-corrected chi connectivity index (χ2v) is 10.1. The number of ether oxygens (including phenoxy) is 2. The minimum absolute atomic E-state index is 0.265. The monoisotopic (exact) mass is 518 g/mol. The molecule has 1 aliphatic rings. The number of amides is 2. The van der Waals surface area contributed by atoms with Crippen molar-refractivity contribution in [3.05, 3.63) is 66.1 Å². The molecule has 2 amide bonds. The number of benzene rings is 1. The Balaban J connectivity index is 1.43. The van der Waals surface area contributed by atoms with E-state index in [4.69, 9.17) is 9.47 Å². The number of pyridine rings is 1. The van der Waals surface area contributed by atoms with E-state index >= 15 is 0 Å². The van der Waals surface area contributed by atoms with Gasteiger partial charge in [-0.25, -0.2) is 9.78 Å². The van der Waals surface area contributed by atoms with E-state index in [2.05, 4.69) is 25.6 Å². The highest BCUT2D eigenvalue weighted by Gasteiger charge is 2.17. The van der Waals surface area contributed by atoms with E-state index in [9.17, 15) is 9.59 Å². The summed E-state index contributed by atoms with van der Waals surface area (Å²) in [5.41, 5.74) is 3.55. The number of nitrogens with one attached hydrogen (secondary N) is 2. The van der Waals surface area contributed by atoms with Gasteiger partial charge in [0, 0.05) is 62.0 Å². The SMILES string of the molecule is Cn1cc(-c2cc(NC(=O)OC(C)(C)C)ncc2/C=C/C(=O)Nc2ccc(CN3CCOCC3)cc2)cn1. The van der Waals surface area contributed by atoms with Crippen LogP contribution in [0.1, 0.15) is 31.9 Å². The molecular weight excluding hydrogens is 484 g/mol. The normalized spacial score (nSPS) is 14.4. The third-order valence-electron chi connectivity index (χ3n) is 5.73. The zero-order valence-corrected chi connectivity index (χ0v) is 22.2. The third kappa shape index (κ3) is 7.99. The highest BCUT2D eigenvalue weighted by Crippen LogP contribution is 2.27. The number of hydrogen-bond acceptors (Lipinski definition) is 7. The van der Waals surface area contributed by atoms with E-state index in [0.29, 0.717) is 17.1 Å². The summed E-state index contributed by atoms with van der Waals surface area (Å²) in [6.45, 7) is 9.62. The molecule has 0 aliphatic carbocycles. The van der Waals surface area contributed by atoms with Crippen molar-refractivity contribution in [2.24, 2.45) is 7.05 Å². The third-order valence-corrected chi connectivity index (χ3v) is 5.73. The number of aromatic nitrogens is 3. The molecule has 3 heterocycles. The maximum atomic E-state index is 12.7. The van der Waals surface area contributed by atoms with Crippen LogP contribution in [0.2, 0.25) is 0 Å². The standard InChI is InChI=1S/C28H34N6O4/c1-28(2,3)38-27(36)32-25-15-24(22-17-30-33(4)19-22)21(16-29-25)7-10-26(35)31-23-8-5-20(6-9-23)18-34-11-13-37-14-12-34/h5-10,15-17,19H,11-14,18H2,1-4H3,(H,31,35)(H,29,32,36)/b10-7+. The van der Waals surface area contributed by atoms with E-state index in [-0.39, 0.29) is 5.91 Å². The molecule has 0 saturated carbocycles. The van der Waals surface area contributed by atoms with Crippen molar-refractivity contribution in [2.75, 3.05) is 36.9 Å². The average Bonchev–Trinajstić information content (AvgIpc) is 3.30. The van der Waals surface area contributed by atoms with Crippen LogP contribution >= 0.6 is 0 Å².